The molecule has 78 valence electrons. The van der Waals surface area contributed by atoms with E-state index in [2.05, 4.69) is 29.4 Å². The van der Waals surface area contributed by atoms with Gasteiger partial charge in [-0.1, -0.05) is 25.4 Å². The number of hydrogen-bond acceptors (Lipinski definition) is 4. The maximum atomic E-state index is 5.62. The summed E-state index contributed by atoms with van der Waals surface area (Å²) in [6.07, 6.45) is 0. The lowest BCUT2D eigenvalue weighted by molar-refractivity contribution is 0.529. The molecular weight excluding hydrogens is 200 g/mol. The molecule has 0 saturated heterocycles. The van der Waals surface area contributed by atoms with Crippen molar-refractivity contribution in [2.45, 2.75) is 19.9 Å². The lowest BCUT2D eigenvalue weighted by Crippen LogP contribution is -2.34. The van der Waals surface area contributed by atoms with Gasteiger partial charge in [-0.05, 0) is 18.1 Å². The normalized spacial score (nSPS) is 12.9. The van der Waals surface area contributed by atoms with Crippen molar-refractivity contribution in [2.24, 2.45) is 11.7 Å². The molecule has 1 heterocycles. The number of nitrogens with two attached hydrogens (primary N) is 1. The van der Waals surface area contributed by atoms with Gasteiger partial charge in [-0.15, -0.1) is 10.2 Å². The highest BCUT2D eigenvalue weighted by Gasteiger charge is 2.11. The zero-order valence-corrected chi connectivity index (χ0v) is 9.12. The fourth-order valence-electron chi connectivity index (χ4n) is 1.08. The Balaban J connectivity index is 2.63. The molecule has 1 unspecified atom stereocenters. The topological polar surface area (TPSA) is 63.8 Å². The van der Waals surface area contributed by atoms with Crippen molar-refractivity contribution in [1.29, 1.82) is 0 Å². The number of nitrogens with one attached hydrogen (secondary N) is 1. The molecule has 0 aliphatic carbocycles. The molecule has 1 aromatic heterocycles. The molecule has 0 aliphatic heterocycles. The lowest BCUT2D eigenvalue weighted by atomic mass is 10.1. The van der Waals surface area contributed by atoms with Crippen LogP contribution in [0.5, 0.6) is 0 Å². The summed E-state index contributed by atoms with van der Waals surface area (Å²) in [7, 11) is 0. The van der Waals surface area contributed by atoms with Crippen LogP contribution in [0.25, 0.3) is 0 Å². The Morgan fingerprint density at radius 2 is 2.14 bits per heavy atom. The predicted molar refractivity (Wildman–Crippen MR) is 58.3 cm³/mol. The fourth-order valence-corrected chi connectivity index (χ4v) is 1.18. The Hall–Kier alpha value is -0.870. The molecule has 1 rings (SSSR count). The van der Waals surface area contributed by atoms with Gasteiger partial charge in [0.05, 0.1) is 0 Å². The number of nitrogens with zero attached hydrogens (tertiary/aromatic N) is 2. The molecule has 1 atom stereocenters. The Bertz CT molecular complexity index is 273. The monoisotopic (exact) mass is 214 g/mol. The van der Waals surface area contributed by atoms with Gasteiger partial charge in [0.2, 0.25) is 0 Å². The summed E-state index contributed by atoms with van der Waals surface area (Å²) < 4.78 is 0. The van der Waals surface area contributed by atoms with Gasteiger partial charge in [-0.25, -0.2) is 0 Å². The van der Waals surface area contributed by atoms with Crippen LogP contribution in [-0.2, 0) is 0 Å². The molecule has 0 fully saturated rings. The van der Waals surface area contributed by atoms with E-state index in [1.165, 1.54) is 0 Å². The van der Waals surface area contributed by atoms with Gasteiger partial charge >= 0.3 is 0 Å². The minimum Gasteiger partial charge on any atom is -0.364 e. The summed E-state index contributed by atoms with van der Waals surface area (Å²) in [6.45, 7) is 4.78. The second kappa shape index (κ2) is 5.12. The Labute approximate surface area is 88.9 Å². The van der Waals surface area contributed by atoms with E-state index in [1.807, 2.05) is 0 Å². The van der Waals surface area contributed by atoms with E-state index < -0.39 is 0 Å². The smallest absolute Gasteiger partial charge is 0.151 e. The molecule has 0 saturated carbocycles. The molecule has 5 heteroatoms. The fraction of sp³-hybridized carbons (Fsp3) is 0.556. The molecule has 3 N–H and O–H groups in total. The minimum absolute atomic E-state index is 0.213. The van der Waals surface area contributed by atoms with E-state index in [0.29, 0.717) is 23.4 Å². The van der Waals surface area contributed by atoms with Crippen LogP contribution in [0.3, 0.4) is 0 Å². The maximum absolute atomic E-state index is 5.62. The van der Waals surface area contributed by atoms with Crippen LogP contribution in [-0.4, -0.2) is 22.8 Å². The van der Waals surface area contributed by atoms with Gasteiger partial charge in [0.15, 0.2) is 5.15 Å². The van der Waals surface area contributed by atoms with Crippen molar-refractivity contribution in [2.75, 3.05) is 11.9 Å². The highest BCUT2D eigenvalue weighted by atomic mass is 35.5. The SMILES string of the molecule is CC(C)C(CN)Nc1ccc(Cl)nn1. The van der Waals surface area contributed by atoms with Gasteiger partial charge in [0, 0.05) is 12.6 Å². The van der Waals surface area contributed by atoms with Crippen LogP contribution in [0.1, 0.15) is 13.8 Å². The summed E-state index contributed by atoms with van der Waals surface area (Å²) in [6, 6.07) is 3.70. The first-order chi connectivity index (χ1) is 6.63. The van der Waals surface area contributed by atoms with Crippen molar-refractivity contribution >= 4 is 17.4 Å². The first kappa shape index (κ1) is 11.2. The molecule has 4 nitrogen and oxygen atoms in total. The number of anilines is 1. The van der Waals surface area contributed by atoms with E-state index in [0.717, 1.165) is 0 Å². The number of rotatable bonds is 4. The van der Waals surface area contributed by atoms with E-state index in [-0.39, 0.29) is 6.04 Å². The first-order valence-electron chi connectivity index (χ1n) is 4.59. The number of aromatic nitrogens is 2. The summed E-state index contributed by atoms with van der Waals surface area (Å²) in [5, 5.41) is 11.2. The third kappa shape index (κ3) is 3.12. The first-order valence-corrected chi connectivity index (χ1v) is 4.97. The molecule has 1 aromatic rings. The van der Waals surface area contributed by atoms with E-state index in [9.17, 15) is 0 Å². The van der Waals surface area contributed by atoms with Crippen molar-refractivity contribution in [1.82, 2.24) is 10.2 Å². The molecule has 0 aliphatic rings. The Morgan fingerprint density at radius 3 is 2.57 bits per heavy atom. The number of halogens is 1. The molecule has 0 radical (unpaired) electrons. The van der Waals surface area contributed by atoms with Crippen molar-refractivity contribution in [3.63, 3.8) is 0 Å². The average molecular weight is 215 g/mol. The highest BCUT2D eigenvalue weighted by molar-refractivity contribution is 6.29. The van der Waals surface area contributed by atoms with Crippen LogP contribution in [0.2, 0.25) is 5.15 Å². The summed E-state index contributed by atoms with van der Waals surface area (Å²) >= 11 is 5.62. The van der Waals surface area contributed by atoms with Crippen molar-refractivity contribution in [3.8, 4) is 0 Å². The third-order valence-corrected chi connectivity index (χ3v) is 2.23. The lowest BCUT2D eigenvalue weighted by Gasteiger charge is -2.20. The zero-order valence-electron chi connectivity index (χ0n) is 8.37. The minimum atomic E-state index is 0.213. The average Bonchev–Trinajstić information content (AvgIpc) is 2.16. The predicted octanol–water partition coefficient (Wildman–Crippen LogP) is 1.53. The van der Waals surface area contributed by atoms with Crippen LogP contribution in [0.15, 0.2) is 12.1 Å². The summed E-state index contributed by atoms with van der Waals surface area (Å²) in [5.74, 6) is 1.16. The second-order valence-corrected chi connectivity index (χ2v) is 3.86. The molecule has 0 spiro atoms. The van der Waals surface area contributed by atoms with Crippen LogP contribution < -0.4 is 11.1 Å². The highest BCUT2D eigenvalue weighted by Crippen LogP contribution is 2.10. The second-order valence-electron chi connectivity index (χ2n) is 3.47. The standard InChI is InChI=1S/C9H15ClN4/c1-6(2)7(5-11)12-9-4-3-8(10)13-14-9/h3-4,6-7H,5,11H2,1-2H3,(H,12,14). The molecular formula is C9H15ClN4. The quantitative estimate of drug-likeness (QED) is 0.798. The zero-order chi connectivity index (χ0) is 10.6. The van der Waals surface area contributed by atoms with Gasteiger partial charge in [-0.3, -0.25) is 0 Å². The van der Waals surface area contributed by atoms with Gasteiger partial charge in [0.25, 0.3) is 0 Å². The third-order valence-electron chi connectivity index (χ3n) is 2.02. The molecule has 0 amide bonds. The largest absolute Gasteiger partial charge is 0.364 e. The van der Waals surface area contributed by atoms with Crippen molar-refractivity contribution in [3.05, 3.63) is 17.3 Å². The van der Waals surface area contributed by atoms with Gasteiger partial charge in [0.1, 0.15) is 5.82 Å². The summed E-state index contributed by atoms with van der Waals surface area (Å²) in [4.78, 5) is 0. The van der Waals surface area contributed by atoms with E-state index >= 15 is 0 Å². The van der Waals surface area contributed by atoms with Gasteiger partial charge in [-0.2, -0.15) is 0 Å². The van der Waals surface area contributed by atoms with Crippen molar-refractivity contribution < 1.29 is 0 Å². The maximum Gasteiger partial charge on any atom is 0.151 e. The number of hydrogen-bond donors (Lipinski definition) is 2. The van der Waals surface area contributed by atoms with E-state index in [1.54, 1.807) is 12.1 Å². The Kier molecular flexibility index (Phi) is 4.10. The van der Waals surface area contributed by atoms with Crippen LogP contribution >= 0.6 is 11.6 Å². The molecule has 14 heavy (non-hydrogen) atoms. The van der Waals surface area contributed by atoms with Crippen LogP contribution in [0.4, 0.5) is 5.82 Å². The van der Waals surface area contributed by atoms with E-state index in [4.69, 9.17) is 17.3 Å². The van der Waals surface area contributed by atoms with Gasteiger partial charge < -0.3 is 11.1 Å². The summed E-state index contributed by atoms with van der Waals surface area (Å²) in [5.41, 5.74) is 5.61. The van der Waals surface area contributed by atoms with Crippen LogP contribution in [0, 0.1) is 5.92 Å². The molecule has 0 aromatic carbocycles. The molecule has 0 bridgehead atoms. The Morgan fingerprint density at radius 1 is 1.43 bits per heavy atom.